The molecule has 138 valence electrons. The molecule has 3 rings (SSSR count). The van der Waals surface area contributed by atoms with Gasteiger partial charge in [0.05, 0.1) is 0 Å². The number of para-hydroxylation sites is 1. The van der Waals surface area contributed by atoms with Gasteiger partial charge < -0.3 is 10.2 Å². The van der Waals surface area contributed by atoms with Crippen LogP contribution in [0.5, 0.6) is 0 Å². The first-order chi connectivity index (χ1) is 13.1. The highest BCUT2D eigenvalue weighted by molar-refractivity contribution is 6.06. The first-order valence-corrected chi connectivity index (χ1v) is 8.69. The predicted molar refractivity (Wildman–Crippen MR) is 104 cm³/mol. The van der Waals surface area contributed by atoms with Gasteiger partial charge in [-0.2, -0.15) is 5.10 Å². The molecule has 0 aliphatic carbocycles. The fourth-order valence-corrected chi connectivity index (χ4v) is 2.67. The first kappa shape index (κ1) is 18.3. The minimum Gasteiger partial charge on any atom is -0.326 e. The maximum Gasteiger partial charge on any atom is 0.258 e. The summed E-state index contributed by atoms with van der Waals surface area (Å²) in [5.74, 6) is -0.236. The molecule has 0 aliphatic rings. The zero-order valence-corrected chi connectivity index (χ0v) is 15.1. The quantitative estimate of drug-likeness (QED) is 0.700. The summed E-state index contributed by atoms with van der Waals surface area (Å²) >= 11 is 0. The van der Waals surface area contributed by atoms with E-state index >= 15 is 0 Å². The molecule has 0 aliphatic heterocycles. The second-order valence-corrected chi connectivity index (χ2v) is 6.09. The first-order valence-electron chi connectivity index (χ1n) is 8.69. The number of hydrogen-bond donors (Lipinski definition) is 1. The van der Waals surface area contributed by atoms with E-state index in [0.29, 0.717) is 30.6 Å². The van der Waals surface area contributed by atoms with Gasteiger partial charge >= 0.3 is 0 Å². The summed E-state index contributed by atoms with van der Waals surface area (Å²) in [5.41, 5.74) is 1.93. The van der Waals surface area contributed by atoms with E-state index in [4.69, 9.17) is 0 Å². The van der Waals surface area contributed by atoms with Crippen LogP contribution in [0.1, 0.15) is 23.2 Å². The van der Waals surface area contributed by atoms with Crippen LogP contribution in [0.2, 0.25) is 0 Å². The largest absolute Gasteiger partial charge is 0.326 e. The number of aromatic nitrogens is 3. The highest BCUT2D eigenvalue weighted by atomic mass is 16.2. The van der Waals surface area contributed by atoms with Crippen LogP contribution < -0.4 is 10.2 Å². The summed E-state index contributed by atoms with van der Waals surface area (Å²) in [6.45, 7) is 0.633. The molecule has 0 spiro atoms. The lowest BCUT2D eigenvalue weighted by atomic mass is 10.1. The second kappa shape index (κ2) is 8.75. The number of nitrogens with one attached hydrogen (secondary N) is 1. The lowest BCUT2D eigenvalue weighted by Gasteiger charge is -2.17. The molecule has 27 heavy (non-hydrogen) atoms. The normalized spacial score (nSPS) is 10.4. The van der Waals surface area contributed by atoms with Crippen molar-refractivity contribution in [1.29, 1.82) is 0 Å². The topological polar surface area (TPSA) is 80.1 Å². The van der Waals surface area contributed by atoms with Crippen LogP contribution in [0, 0.1) is 0 Å². The van der Waals surface area contributed by atoms with Crippen LogP contribution in [0.4, 0.5) is 11.4 Å². The van der Waals surface area contributed by atoms with Gasteiger partial charge in [-0.15, -0.1) is 0 Å². The molecule has 0 fully saturated rings. The summed E-state index contributed by atoms with van der Waals surface area (Å²) in [5, 5.41) is 6.84. The number of carbonyl (C=O) groups excluding carboxylic acids is 2. The molecule has 0 unspecified atom stereocenters. The average Bonchev–Trinajstić information content (AvgIpc) is 3.21. The molecular formula is C20H21N5O2. The number of nitrogens with zero attached hydrogens (tertiary/aromatic N) is 4. The monoisotopic (exact) mass is 363 g/mol. The van der Waals surface area contributed by atoms with Crippen LogP contribution in [0.3, 0.4) is 0 Å². The maximum atomic E-state index is 12.7. The van der Waals surface area contributed by atoms with Crippen molar-refractivity contribution in [2.45, 2.75) is 19.4 Å². The molecule has 0 bridgehead atoms. The number of benzene rings is 2. The van der Waals surface area contributed by atoms with Gasteiger partial charge in [0.25, 0.3) is 5.91 Å². The number of rotatable bonds is 7. The van der Waals surface area contributed by atoms with E-state index in [-0.39, 0.29) is 11.8 Å². The van der Waals surface area contributed by atoms with Crippen LogP contribution >= 0.6 is 0 Å². The van der Waals surface area contributed by atoms with E-state index in [2.05, 4.69) is 15.4 Å². The third-order valence-electron chi connectivity index (χ3n) is 4.10. The zero-order valence-electron chi connectivity index (χ0n) is 15.1. The van der Waals surface area contributed by atoms with E-state index in [1.165, 1.54) is 6.33 Å². The second-order valence-electron chi connectivity index (χ2n) is 6.09. The third-order valence-corrected chi connectivity index (χ3v) is 4.10. The highest BCUT2D eigenvalue weighted by Gasteiger charge is 2.14. The van der Waals surface area contributed by atoms with Crippen LogP contribution in [0.15, 0.2) is 67.3 Å². The Morgan fingerprint density at radius 3 is 2.67 bits per heavy atom. The van der Waals surface area contributed by atoms with E-state index in [9.17, 15) is 9.59 Å². The predicted octanol–water partition coefficient (Wildman–Crippen LogP) is 2.97. The van der Waals surface area contributed by atoms with Crippen molar-refractivity contribution in [3.8, 4) is 0 Å². The molecule has 2 amide bonds. The molecule has 2 aromatic carbocycles. The molecule has 1 N–H and O–H groups in total. The molecule has 0 radical (unpaired) electrons. The summed E-state index contributed by atoms with van der Waals surface area (Å²) in [6, 6.07) is 16.4. The Labute approximate surface area is 157 Å². The Balaban J connectivity index is 1.58. The van der Waals surface area contributed by atoms with Crippen molar-refractivity contribution in [1.82, 2.24) is 14.8 Å². The molecule has 7 heteroatoms. The molecule has 3 aromatic rings. The van der Waals surface area contributed by atoms with Crippen LogP contribution in [-0.2, 0) is 11.3 Å². The Bertz CT molecular complexity index is 894. The third kappa shape index (κ3) is 5.01. The Hall–Kier alpha value is -3.48. The SMILES string of the molecule is CN(C(=O)c1cccc(NC(=O)CCCn2cncn2)c1)c1ccccc1. The number of anilines is 2. The zero-order chi connectivity index (χ0) is 19.1. The fourth-order valence-electron chi connectivity index (χ4n) is 2.67. The van der Waals surface area contributed by atoms with E-state index in [1.807, 2.05) is 30.3 Å². The number of hydrogen-bond acceptors (Lipinski definition) is 4. The molecule has 7 nitrogen and oxygen atoms in total. The van der Waals surface area contributed by atoms with Gasteiger partial charge in [0.2, 0.25) is 5.91 Å². The van der Waals surface area contributed by atoms with E-state index in [0.717, 1.165) is 5.69 Å². The standard InChI is InChI=1S/C20H21N5O2/c1-24(18-9-3-2-4-10-18)20(27)16-7-5-8-17(13-16)23-19(26)11-6-12-25-15-21-14-22-25/h2-5,7-10,13-15H,6,11-12H2,1H3,(H,23,26). The minimum absolute atomic E-state index is 0.101. The minimum atomic E-state index is -0.136. The maximum absolute atomic E-state index is 12.7. The van der Waals surface area contributed by atoms with Crippen molar-refractivity contribution in [3.05, 3.63) is 72.8 Å². The van der Waals surface area contributed by atoms with Crippen molar-refractivity contribution in [3.63, 3.8) is 0 Å². The molecular weight excluding hydrogens is 342 g/mol. The van der Waals surface area contributed by atoms with Crippen LogP contribution in [0.25, 0.3) is 0 Å². The molecule has 0 atom stereocenters. The van der Waals surface area contributed by atoms with Crippen molar-refractivity contribution in [2.75, 3.05) is 17.3 Å². The van der Waals surface area contributed by atoms with Gasteiger partial charge in [0, 0.05) is 37.0 Å². The smallest absolute Gasteiger partial charge is 0.258 e. The van der Waals surface area contributed by atoms with E-state index < -0.39 is 0 Å². The molecule has 0 saturated heterocycles. The summed E-state index contributed by atoms with van der Waals surface area (Å²) in [4.78, 5) is 30.3. The summed E-state index contributed by atoms with van der Waals surface area (Å²) in [6.07, 6.45) is 4.11. The van der Waals surface area contributed by atoms with Crippen molar-refractivity contribution in [2.24, 2.45) is 0 Å². The average molecular weight is 363 g/mol. The van der Waals surface area contributed by atoms with Crippen molar-refractivity contribution >= 4 is 23.2 Å². The van der Waals surface area contributed by atoms with Crippen LogP contribution in [-0.4, -0.2) is 33.6 Å². The summed E-state index contributed by atoms with van der Waals surface area (Å²) < 4.78 is 1.69. The highest BCUT2D eigenvalue weighted by Crippen LogP contribution is 2.17. The lowest BCUT2D eigenvalue weighted by molar-refractivity contribution is -0.116. The number of carbonyl (C=O) groups is 2. The fraction of sp³-hybridized carbons (Fsp3) is 0.200. The molecule has 1 aromatic heterocycles. The number of amides is 2. The Morgan fingerprint density at radius 2 is 1.93 bits per heavy atom. The van der Waals surface area contributed by atoms with Gasteiger partial charge in [-0.3, -0.25) is 14.3 Å². The van der Waals surface area contributed by atoms with Crippen molar-refractivity contribution < 1.29 is 9.59 Å². The van der Waals surface area contributed by atoms with Gasteiger partial charge in [0.1, 0.15) is 12.7 Å². The van der Waals surface area contributed by atoms with Gasteiger partial charge in [-0.25, -0.2) is 4.98 Å². The lowest BCUT2D eigenvalue weighted by Crippen LogP contribution is -2.26. The Kier molecular flexibility index (Phi) is 5.94. The van der Waals surface area contributed by atoms with Gasteiger partial charge in [0.15, 0.2) is 0 Å². The van der Waals surface area contributed by atoms with E-state index in [1.54, 1.807) is 47.2 Å². The number of aryl methyl sites for hydroxylation is 1. The van der Waals surface area contributed by atoms with Gasteiger partial charge in [-0.05, 0) is 36.8 Å². The summed E-state index contributed by atoms with van der Waals surface area (Å²) in [7, 11) is 1.73. The van der Waals surface area contributed by atoms with Gasteiger partial charge in [-0.1, -0.05) is 24.3 Å². The Morgan fingerprint density at radius 1 is 1.11 bits per heavy atom. The molecule has 1 heterocycles. The molecule has 0 saturated carbocycles.